The van der Waals surface area contributed by atoms with E-state index in [1.54, 1.807) is 17.5 Å². The van der Waals surface area contributed by atoms with Crippen LogP contribution in [0.1, 0.15) is 9.67 Å². The molecule has 3 amide bonds. The quantitative estimate of drug-likeness (QED) is 0.625. The summed E-state index contributed by atoms with van der Waals surface area (Å²) in [6, 6.07) is 16.9. The van der Waals surface area contributed by atoms with Gasteiger partial charge in [-0.25, -0.2) is 0 Å². The Bertz CT molecular complexity index is 938. The largest absolute Gasteiger partial charge is 0.345 e. The summed E-state index contributed by atoms with van der Waals surface area (Å²) < 4.78 is 0. The standard InChI is InChI=1S/C19H17N3O3S/c23-17(11-21-19(25)16-6-3-9-26-16)20-12-18(24)22-15-8-7-13-4-1-2-5-14(13)10-15/h1-10H,11-12H2,(H,20,23)(H,21,25)(H,22,24). The lowest BCUT2D eigenvalue weighted by Gasteiger charge is -2.08. The zero-order valence-electron chi connectivity index (χ0n) is 13.8. The molecule has 6 nitrogen and oxygen atoms in total. The van der Waals surface area contributed by atoms with Crippen LogP contribution in [0, 0.1) is 0 Å². The zero-order valence-corrected chi connectivity index (χ0v) is 14.6. The Labute approximate surface area is 154 Å². The Kier molecular flexibility index (Phi) is 5.60. The van der Waals surface area contributed by atoms with Crippen LogP contribution in [0.3, 0.4) is 0 Å². The van der Waals surface area contributed by atoms with E-state index >= 15 is 0 Å². The molecule has 0 spiro atoms. The average molecular weight is 367 g/mol. The van der Waals surface area contributed by atoms with Gasteiger partial charge in [0.15, 0.2) is 0 Å². The summed E-state index contributed by atoms with van der Waals surface area (Å²) in [5.41, 5.74) is 0.661. The Morgan fingerprint density at radius 2 is 1.58 bits per heavy atom. The van der Waals surface area contributed by atoms with Crippen LogP contribution in [0.2, 0.25) is 0 Å². The summed E-state index contributed by atoms with van der Waals surface area (Å²) in [5, 5.41) is 11.6. The lowest BCUT2D eigenvalue weighted by atomic mass is 10.1. The number of benzene rings is 2. The highest BCUT2D eigenvalue weighted by molar-refractivity contribution is 7.12. The van der Waals surface area contributed by atoms with Crippen LogP contribution in [-0.4, -0.2) is 30.8 Å². The maximum Gasteiger partial charge on any atom is 0.261 e. The van der Waals surface area contributed by atoms with E-state index in [0.29, 0.717) is 10.6 Å². The van der Waals surface area contributed by atoms with E-state index in [-0.39, 0.29) is 24.9 Å². The molecule has 2 aromatic carbocycles. The van der Waals surface area contributed by atoms with Gasteiger partial charge in [0, 0.05) is 5.69 Å². The number of rotatable bonds is 6. The minimum atomic E-state index is -0.427. The second kappa shape index (κ2) is 8.26. The second-order valence-corrected chi connectivity index (χ2v) is 6.49. The molecule has 0 aliphatic rings. The first-order valence-corrected chi connectivity index (χ1v) is 8.87. The van der Waals surface area contributed by atoms with E-state index in [2.05, 4.69) is 16.0 Å². The Hall–Kier alpha value is -3.19. The van der Waals surface area contributed by atoms with Crippen LogP contribution in [-0.2, 0) is 9.59 Å². The van der Waals surface area contributed by atoms with Crippen molar-refractivity contribution in [1.29, 1.82) is 0 Å². The number of nitrogens with one attached hydrogen (secondary N) is 3. The first-order chi connectivity index (χ1) is 12.6. The molecule has 132 valence electrons. The van der Waals surface area contributed by atoms with Gasteiger partial charge in [0.25, 0.3) is 5.91 Å². The lowest BCUT2D eigenvalue weighted by molar-refractivity contribution is -0.123. The van der Waals surface area contributed by atoms with Crippen molar-refractivity contribution < 1.29 is 14.4 Å². The van der Waals surface area contributed by atoms with Crippen molar-refractivity contribution in [2.45, 2.75) is 0 Å². The van der Waals surface area contributed by atoms with Crippen LogP contribution < -0.4 is 16.0 Å². The van der Waals surface area contributed by atoms with Crippen LogP contribution in [0.25, 0.3) is 10.8 Å². The summed E-state index contributed by atoms with van der Waals surface area (Å²) in [5.74, 6) is -1.07. The van der Waals surface area contributed by atoms with Gasteiger partial charge in [-0.3, -0.25) is 14.4 Å². The van der Waals surface area contributed by atoms with Gasteiger partial charge in [-0.05, 0) is 34.4 Å². The molecule has 0 unspecified atom stereocenters. The molecule has 26 heavy (non-hydrogen) atoms. The summed E-state index contributed by atoms with van der Waals surface area (Å²) in [4.78, 5) is 36.0. The van der Waals surface area contributed by atoms with Gasteiger partial charge in [-0.2, -0.15) is 0 Å². The zero-order chi connectivity index (χ0) is 18.4. The molecule has 0 atom stereocenters. The molecule has 1 heterocycles. The lowest BCUT2D eigenvalue weighted by Crippen LogP contribution is -2.40. The van der Waals surface area contributed by atoms with Gasteiger partial charge in [0.1, 0.15) is 0 Å². The third-order valence-electron chi connectivity index (χ3n) is 3.63. The Morgan fingerprint density at radius 3 is 2.35 bits per heavy atom. The topological polar surface area (TPSA) is 87.3 Å². The molecule has 0 radical (unpaired) electrons. The number of anilines is 1. The van der Waals surface area contributed by atoms with E-state index in [0.717, 1.165) is 10.8 Å². The number of carbonyl (C=O) groups excluding carboxylic acids is 3. The first kappa shape index (κ1) is 17.6. The Balaban J connectivity index is 1.44. The van der Waals surface area contributed by atoms with Crippen LogP contribution >= 0.6 is 11.3 Å². The van der Waals surface area contributed by atoms with Gasteiger partial charge in [-0.15, -0.1) is 11.3 Å². The van der Waals surface area contributed by atoms with Crippen molar-refractivity contribution in [3.63, 3.8) is 0 Å². The van der Waals surface area contributed by atoms with E-state index in [4.69, 9.17) is 0 Å². The smallest absolute Gasteiger partial charge is 0.261 e. The van der Waals surface area contributed by atoms with Crippen molar-refractivity contribution in [3.05, 3.63) is 64.9 Å². The van der Waals surface area contributed by atoms with Gasteiger partial charge < -0.3 is 16.0 Å². The molecule has 0 fully saturated rings. The minimum absolute atomic E-state index is 0.166. The molecule has 7 heteroatoms. The maximum atomic E-state index is 12.0. The summed E-state index contributed by atoms with van der Waals surface area (Å²) in [6.07, 6.45) is 0. The van der Waals surface area contributed by atoms with Gasteiger partial charge >= 0.3 is 0 Å². The predicted molar refractivity (Wildman–Crippen MR) is 102 cm³/mol. The number of fused-ring (bicyclic) bond motifs is 1. The van der Waals surface area contributed by atoms with Gasteiger partial charge in [0.05, 0.1) is 18.0 Å². The number of hydrogen-bond donors (Lipinski definition) is 3. The highest BCUT2D eigenvalue weighted by atomic mass is 32.1. The molecule has 0 aliphatic carbocycles. The average Bonchev–Trinajstić information content (AvgIpc) is 3.19. The molecule has 3 aromatic rings. The predicted octanol–water partition coefficient (Wildman–Crippen LogP) is 2.39. The molecule has 0 bridgehead atoms. The van der Waals surface area contributed by atoms with Crippen LogP contribution in [0.15, 0.2) is 60.0 Å². The van der Waals surface area contributed by atoms with Crippen molar-refractivity contribution in [3.8, 4) is 0 Å². The summed E-state index contributed by atoms with van der Waals surface area (Å²) in [6.45, 7) is -0.347. The maximum absolute atomic E-state index is 12.0. The van der Waals surface area contributed by atoms with E-state index in [1.807, 2.05) is 42.5 Å². The van der Waals surface area contributed by atoms with Crippen molar-refractivity contribution >= 4 is 45.5 Å². The fraction of sp³-hybridized carbons (Fsp3) is 0.105. The van der Waals surface area contributed by atoms with Crippen molar-refractivity contribution in [2.75, 3.05) is 18.4 Å². The SMILES string of the molecule is O=C(CNC(=O)c1cccs1)NCC(=O)Nc1ccc2ccccc2c1. The second-order valence-electron chi connectivity index (χ2n) is 5.55. The molecule has 3 N–H and O–H groups in total. The highest BCUT2D eigenvalue weighted by Crippen LogP contribution is 2.18. The number of amides is 3. The summed E-state index contributed by atoms with van der Waals surface area (Å²) >= 11 is 1.30. The van der Waals surface area contributed by atoms with Crippen molar-refractivity contribution in [2.24, 2.45) is 0 Å². The van der Waals surface area contributed by atoms with Crippen molar-refractivity contribution in [1.82, 2.24) is 10.6 Å². The number of carbonyl (C=O) groups is 3. The normalized spacial score (nSPS) is 10.3. The van der Waals surface area contributed by atoms with E-state index in [1.165, 1.54) is 11.3 Å². The summed E-state index contributed by atoms with van der Waals surface area (Å²) in [7, 11) is 0. The van der Waals surface area contributed by atoms with Gasteiger partial charge in [-0.1, -0.05) is 36.4 Å². The molecule has 0 aliphatic heterocycles. The third-order valence-corrected chi connectivity index (χ3v) is 4.50. The molecular weight excluding hydrogens is 350 g/mol. The van der Waals surface area contributed by atoms with E-state index in [9.17, 15) is 14.4 Å². The minimum Gasteiger partial charge on any atom is -0.345 e. The van der Waals surface area contributed by atoms with Crippen LogP contribution in [0.4, 0.5) is 5.69 Å². The molecule has 3 rings (SSSR count). The molecule has 1 aromatic heterocycles. The molecule has 0 saturated heterocycles. The fourth-order valence-corrected chi connectivity index (χ4v) is 3.01. The first-order valence-electron chi connectivity index (χ1n) is 7.99. The highest BCUT2D eigenvalue weighted by Gasteiger charge is 2.10. The van der Waals surface area contributed by atoms with Crippen LogP contribution in [0.5, 0.6) is 0 Å². The Morgan fingerprint density at radius 1 is 0.808 bits per heavy atom. The monoisotopic (exact) mass is 367 g/mol. The molecular formula is C19H17N3O3S. The fourth-order valence-electron chi connectivity index (χ4n) is 2.37. The third kappa shape index (κ3) is 4.67. The number of thiophene rings is 1. The molecule has 0 saturated carbocycles. The van der Waals surface area contributed by atoms with Gasteiger partial charge in [0.2, 0.25) is 11.8 Å². The van der Waals surface area contributed by atoms with E-state index < -0.39 is 5.91 Å². The number of hydrogen-bond acceptors (Lipinski definition) is 4.